The van der Waals surface area contributed by atoms with Crippen LogP contribution in [0.5, 0.6) is 0 Å². The van der Waals surface area contributed by atoms with E-state index < -0.39 is 28.8 Å². The fourth-order valence-corrected chi connectivity index (χ4v) is 4.53. The van der Waals surface area contributed by atoms with Crippen molar-refractivity contribution in [3.8, 4) is 6.07 Å². The first kappa shape index (κ1) is 48.3. The molecule has 2 N–H and O–H groups in total. The second kappa shape index (κ2) is 24.5. The molecule has 5 heterocycles. The Balaban J connectivity index is 0. The molecule has 0 aromatic carbocycles. The first-order valence-corrected chi connectivity index (χ1v) is 18.2. The molecule has 6 amide bonds. The summed E-state index contributed by atoms with van der Waals surface area (Å²) in [6, 6.07) is 1.75. The van der Waals surface area contributed by atoms with Crippen LogP contribution in [-0.2, 0) is 33.4 Å². The minimum Gasteiger partial charge on any atom is -0.443 e. The van der Waals surface area contributed by atoms with Crippen LogP contribution in [0.15, 0.2) is 0 Å². The first-order chi connectivity index (χ1) is 24.4. The summed E-state index contributed by atoms with van der Waals surface area (Å²) >= 11 is 0. The van der Waals surface area contributed by atoms with Gasteiger partial charge in [0.15, 0.2) is 0 Å². The van der Waals surface area contributed by atoms with Crippen LogP contribution in [0.2, 0.25) is 0 Å². The number of nitrogens with zero attached hydrogens (tertiary/aromatic N) is 3. The Labute approximate surface area is 314 Å². The molecule has 5 aliphatic rings. The SMILES string of the molecule is C1CCOC1.CC#N.CC(C)(C)OC(=O)N1CCC(C)(C)C1=O.CC(C)(C)OC(=O)N1CCCC1=O.CC1(C)CCNC1=O.O=C1CCCN1.[2H]CC. The van der Waals surface area contributed by atoms with Crippen molar-refractivity contribution in [3.63, 3.8) is 0 Å². The molecule has 0 aromatic rings. The predicted molar refractivity (Wildman–Crippen MR) is 200 cm³/mol. The van der Waals surface area contributed by atoms with Crippen molar-refractivity contribution in [2.45, 2.75) is 153 Å². The number of ether oxygens (including phenoxy) is 3. The van der Waals surface area contributed by atoms with Crippen molar-refractivity contribution >= 4 is 35.8 Å². The van der Waals surface area contributed by atoms with E-state index in [4.69, 9.17) is 20.8 Å². The summed E-state index contributed by atoms with van der Waals surface area (Å²) < 4.78 is 21.4. The molecule has 0 aliphatic carbocycles. The Kier molecular flexibility index (Phi) is 22.7. The topological polar surface area (TPSA) is 184 Å². The Morgan fingerprint density at radius 1 is 0.788 bits per heavy atom. The molecule has 0 radical (unpaired) electrons. The van der Waals surface area contributed by atoms with E-state index >= 15 is 0 Å². The van der Waals surface area contributed by atoms with Crippen LogP contribution in [-0.4, -0.2) is 96.2 Å². The molecule has 0 unspecified atom stereocenters. The number of hydrogen-bond donors (Lipinski definition) is 2. The highest BCUT2D eigenvalue weighted by atomic mass is 16.6. The lowest BCUT2D eigenvalue weighted by Crippen LogP contribution is -2.40. The van der Waals surface area contributed by atoms with Crippen LogP contribution in [0.1, 0.15) is 143 Å². The maximum Gasteiger partial charge on any atom is 0.417 e. The van der Waals surface area contributed by atoms with Gasteiger partial charge >= 0.3 is 12.2 Å². The number of nitriles is 1. The summed E-state index contributed by atoms with van der Waals surface area (Å²) in [6.45, 7) is 26.8. The van der Waals surface area contributed by atoms with Crippen LogP contribution >= 0.6 is 0 Å². The molecule has 300 valence electrons. The van der Waals surface area contributed by atoms with Gasteiger partial charge in [0.2, 0.25) is 23.6 Å². The Morgan fingerprint density at radius 3 is 1.52 bits per heavy atom. The third-order valence-electron chi connectivity index (χ3n) is 7.47. The van der Waals surface area contributed by atoms with E-state index in [1.54, 1.807) is 54.5 Å². The lowest BCUT2D eigenvalue weighted by atomic mass is 9.92. The number of rotatable bonds is 0. The van der Waals surface area contributed by atoms with Gasteiger partial charge in [-0.2, -0.15) is 5.26 Å². The van der Waals surface area contributed by atoms with Gasteiger partial charge in [0.25, 0.3) is 0 Å². The lowest BCUT2D eigenvalue weighted by Gasteiger charge is -2.24. The van der Waals surface area contributed by atoms with Gasteiger partial charge in [-0.05, 0) is 80.1 Å². The van der Waals surface area contributed by atoms with Gasteiger partial charge in [-0.25, -0.2) is 19.4 Å². The predicted octanol–water partition coefficient (Wildman–Crippen LogP) is 6.51. The van der Waals surface area contributed by atoms with Gasteiger partial charge in [0, 0.05) is 71.4 Å². The van der Waals surface area contributed by atoms with Crippen molar-refractivity contribution in [3.05, 3.63) is 0 Å². The monoisotopic (exact) mass is 741 g/mol. The van der Waals surface area contributed by atoms with Gasteiger partial charge in [-0.1, -0.05) is 41.5 Å². The van der Waals surface area contributed by atoms with Gasteiger partial charge in [0.1, 0.15) is 11.2 Å². The maximum absolute atomic E-state index is 11.8. The fourth-order valence-electron chi connectivity index (χ4n) is 4.53. The molecule has 5 rings (SSSR count). The summed E-state index contributed by atoms with van der Waals surface area (Å²) in [6.07, 6.45) is 6.15. The molecule has 5 aliphatic heterocycles. The van der Waals surface area contributed by atoms with E-state index in [9.17, 15) is 28.8 Å². The smallest absolute Gasteiger partial charge is 0.417 e. The van der Waals surface area contributed by atoms with Crippen molar-refractivity contribution in [1.82, 2.24) is 20.4 Å². The molecule has 5 fully saturated rings. The molecular weight excluding hydrogens is 670 g/mol. The molecule has 52 heavy (non-hydrogen) atoms. The zero-order valence-electron chi connectivity index (χ0n) is 35.1. The number of imide groups is 2. The average molecular weight is 741 g/mol. The van der Waals surface area contributed by atoms with Gasteiger partial charge in [0.05, 0.1) is 6.07 Å². The van der Waals surface area contributed by atoms with E-state index in [0.29, 0.717) is 32.8 Å². The highest BCUT2D eigenvalue weighted by Crippen LogP contribution is 2.31. The number of carbonyl (C=O) groups excluding carboxylic acids is 6. The zero-order chi connectivity index (χ0) is 41.5. The van der Waals surface area contributed by atoms with Crippen LogP contribution in [0.3, 0.4) is 0 Å². The molecule has 0 atom stereocenters. The minimum atomic E-state index is -0.551. The first-order valence-electron chi connectivity index (χ1n) is 18.9. The third kappa shape index (κ3) is 22.3. The van der Waals surface area contributed by atoms with Crippen molar-refractivity contribution in [2.75, 3.05) is 39.4 Å². The number of amides is 6. The highest BCUT2D eigenvalue weighted by Gasteiger charge is 2.43. The normalized spacial score (nSPS) is 19.6. The van der Waals surface area contributed by atoms with E-state index in [2.05, 4.69) is 10.6 Å². The number of hydrogen-bond acceptors (Lipinski definition) is 10. The van der Waals surface area contributed by atoms with Gasteiger partial charge in [-0.3, -0.25) is 19.2 Å². The molecule has 0 spiro atoms. The average Bonchev–Trinajstić information content (AvgIpc) is 3.86. The standard InChI is InChI=1S/C11H19NO3.C9H15NO3.C6H11NO.C4H7NO.C4H8O.C2H3N.C2H6/c1-10(2,3)15-9(14)12-7-6-11(4,5)8(12)13;1-9(2,3)13-8(12)10-6-4-5-7(10)11;1-6(2)3-4-7-5(6)8;6-4-2-1-3-5-4;1-2-4-5-3-1;1-2-3;1-2/h6-7H2,1-5H3;4-6H2,1-3H3;3-4H2,1-2H3,(H,7,8);1-3H2,(H,5,6);1-4H2;1H3;1-2H3/i;;;;;;1D. The van der Waals surface area contributed by atoms with Crippen molar-refractivity contribution < 1.29 is 44.3 Å². The second-order valence-corrected chi connectivity index (χ2v) is 15.6. The maximum atomic E-state index is 11.8. The van der Waals surface area contributed by atoms with Crippen LogP contribution < -0.4 is 10.6 Å². The Bertz CT molecular complexity index is 1180. The molecule has 14 nitrogen and oxygen atoms in total. The Hall–Kier alpha value is -3.73. The summed E-state index contributed by atoms with van der Waals surface area (Å²) in [5.74, 6) is 0.124. The molecule has 0 aromatic heterocycles. The lowest BCUT2D eigenvalue weighted by molar-refractivity contribution is -0.134. The summed E-state index contributed by atoms with van der Waals surface area (Å²) in [4.78, 5) is 69.2. The third-order valence-corrected chi connectivity index (χ3v) is 7.47. The van der Waals surface area contributed by atoms with E-state index in [-0.39, 0.29) is 29.0 Å². The highest BCUT2D eigenvalue weighted by molar-refractivity contribution is 5.96. The van der Waals surface area contributed by atoms with Crippen LogP contribution in [0, 0.1) is 22.2 Å². The van der Waals surface area contributed by atoms with E-state index in [0.717, 1.165) is 52.0 Å². The summed E-state index contributed by atoms with van der Waals surface area (Å²) in [5, 5.41) is 12.8. The van der Waals surface area contributed by atoms with Gasteiger partial charge in [-0.15, -0.1) is 0 Å². The Morgan fingerprint density at radius 2 is 1.29 bits per heavy atom. The number of carbonyl (C=O) groups is 6. The van der Waals surface area contributed by atoms with E-state index in [1.165, 1.54) is 29.6 Å². The minimum absolute atomic E-state index is 0.0972. The quantitative estimate of drug-likeness (QED) is 0.278. The van der Waals surface area contributed by atoms with Gasteiger partial charge < -0.3 is 24.8 Å². The fraction of sp³-hybridized carbons (Fsp3) is 0.816. The molecule has 5 saturated heterocycles. The van der Waals surface area contributed by atoms with E-state index in [1.807, 2.05) is 27.7 Å². The number of nitrogens with one attached hydrogen (secondary N) is 2. The largest absolute Gasteiger partial charge is 0.443 e. The summed E-state index contributed by atoms with van der Waals surface area (Å²) in [5.41, 5.74) is -1.61. The zero-order valence-corrected chi connectivity index (χ0v) is 34.1. The summed E-state index contributed by atoms with van der Waals surface area (Å²) in [7, 11) is 0. The molecule has 14 heteroatoms. The number of likely N-dealkylation sites (tertiary alicyclic amines) is 2. The molecule has 0 bridgehead atoms. The van der Waals surface area contributed by atoms with Crippen molar-refractivity contribution in [2.24, 2.45) is 10.8 Å². The molecule has 0 saturated carbocycles. The van der Waals surface area contributed by atoms with Crippen LogP contribution in [0.4, 0.5) is 9.59 Å². The molecular formula is C38H69N5O9. The van der Waals surface area contributed by atoms with Crippen LogP contribution in [0.25, 0.3) is 0 Å². The van der Waals surface area contributed by atoms with Crippen molar-refractivity contribution in [1.29, 1.82) is 5.26 Å². The second-order valence-electron chi connectivity index (χ2n) is 15.6.